The maximum Gasteiger partial charge on any atom is 0.340 e. The van der Waals surface area contributed by atoms with Gasteiger partial charge in [-0.05, 0) is 39.0 Å². The Morgan fingerprint density at radius 2 is 2.05 bits per heavy atom. The van der Waals surface area contributed by atoms with Crippen LogP contribution in [0.15, 0.2) is 22.7 Å². The first kappa shape index (κ1) is 16.1. The number of halogens is 2. The van der Waals surface area contributed by atoms with Gasteiger partial charge in [-0.3, -0.25) is 0 Å². The van der Waals surface area contributed by atoms with E-state index in [-0.39, 0.29) is 5.56 Å². The summed E-state index contributed by atoms with van der Waals surface area (Å²) in [5.74, 6) is -2.00. The monoisotopic (exact) mass is 334 g/mol. The van der Waals surface area contributed by atoms with Crippen LogP contribution in [-0.4, -0.2) is 28.4 Å². The Hall–Kier alpha value is -0.980. The molecule has 0 spiro atoms. The van der Waals surface area contributed by atoms with E-state index in [0.29, 0.717) is 4.47 Å². The van der Waals surface area contributed by atoms with Crippen molar-refractivity contribution in [2.75, 3.05) is 0 Å². The number of aliphatic carboxylic acids is 1. The molecular weight excluding hydrogens is 319 g/mol. The second-order valence-corrected chi connectivity index (χ2v) is 5.44. The number of carbonyl (C=O) groups is 1. The second-order valence-electron chi connectivity index (χ2n) is 4.53. The maximum atomic E-state index is 13.9. The van der Waals surface area contributed by atoms with Crippen molar-refractivity contribution in [1.29, 1.82) is 0 Å². The zero-order valence-electron chi connectivity index (χ0n) is 10.9. The minimum atomic E-state index is -1.87. The summed E-state index contributed by atoms with van der Waals surface area (Å²) in [7, 11) is 0. The fourth-order valence-corrected chi connectivity index (χ4v) is 1.92. The van der Waals surface area contributed by atoms with Gasteiger partial charge < -0.3 is 14.9 Å². The molecule has 0 aliphatic heterocycles. The van der Waals surface area contributed by atoms with Crippen LogP contribution in [0, 0.1) is 5.82 Å². The van der Waals surface area contributed by atoms with Gasteiger partial charge in [0.15, 0.2) is 5.60 Å². The molecule has 0 bridgehead atoms. The van der Waals surface area contributed by atoms with Gasteiger partial charge in [0.1, 0.15) is 5.82 Å². The molecule has 19 heavy (non-hydrogen) atoms. The van der Waals surface area contributed by atoms with Crippen molar-refractivity contribution in [3.05, 3.63) is 34.1 Å². The van der Waals surface area contributed by atoms with Gasteiger partial charge in [-0.1, -0.05) is 15.9 Å². The van der Waals surface area contributed by atoms with Crippen molar-refractivity contribution in [1.82, 2.24) is 0 Å². The lowest BCUT2D eigenvalue weighted by molar-refractivity contribution is -0.179. The summed E-state index contributed by atoms with van der Waals surface area (Å²) in [6.07, 6.45) is -1.62. The Morgan fingerprint density at radius 3 is 2.53 bits per heavy atom. The SMILES string of the molecule is CC(O)C(C)OC(C)(C(=O)O)c1cc(Br)ccc1F. The lowest BCUT2D eigenvalue weighted by atomic mass is 9.94. The number of carboxylic acids is 1. The molecule has 1 aromatic rings. The Labute approximate surface area is 119 Å². The van der Waals surface area contributed by atoms with Gasteiger partial charge >= 0.3 is 5.97 Å². The predicted octanol–water partition coefficient (Wildman–Crippen LogP) is 2.67. The Balaban J connectivity index is 3.26. The number of ether oxygens (including phenoxy) is 1. The molecule has 0 amide bonds. The standard InChI is InChI=1S/C13H16BrFO4/c1-7(16)8(2)19-13(3,12(17)18)10-6-9(14)4-5-11(10)15/h4-8,16H,1-3H3,(H,17,18). The number of benzene rings is 1. The molecule has 3 atom stereocenters. The van der Waals surface area contributed by atoms with E-state index in [4.69, 9.17) is 4.74 Å². The van der Waals surface area contributed by atoms with Crippen LogP contribution in [0.2, 0.25) is 0 Å². The van der Waals surface area contributed by atoms with Crippen molar-refractivity contribution in [3.63, 3.8) is 0 Å². The van der Waals surface area contributed by atoms with Crippen LogP contribution in [0.5, 0.6) is 0 Å². The van der Waals surface area contributed by atoms with E-state index in [1.807, 2.05) is 0 Å². The van der Waals surface area contributed by atoms with Gasteiger partial charge in [0.2, 0.25) is 0 Å². The van der Waals surface area contributed by atoms with E-state index in [2.05, 4.69) is 15.9 Å². The summed E-state index contributed by atoms with van der Waals surface area (Å²) in [4.78, 5) is 11.5. The van der Waals surface area contributed by atoms with Gasteiger partial charge in [-0.2, -0.15) is 0 Å². The average molecular weight is 335 g/mol. The number of hydrogen-bond donors (Lipinski definition) is 2. The summed E-state index contributed by atoms with van der Waals surface area (Å²) in [5.41, 5.74) is -1.97. The number of aliphatic hydroxyl groups is 1. The topological polar surface area (TPSA) is 66.8 Å². The molecule has 0 radical (unpaired) electrons. The lowest BCUT2D eigenvalue weighted by Crippen LogP contribution is -2.42. The summed E-state index contributed by atoms with van der Waals surface area (Å²) < 4.78 is 19.8. The number of hydrogen-bond acceptors (Lipinski definition) is 3. The fourth-order valence-electron chi connectivity index (χ4n) is 1.56. The van der Waals surface area contributed by atoms with E-state index in [1.54, 1.807) is 0 Å². The Morgan fingerprint density at radius 1 is 1.47 bits per heavy atom. The third-order valence-electron chi connectivity index (χ3n) is 2.95. The molecule has 0 aliphatic rings. The zero-order chi connectivity index (χ0) is 14.8. The van der Waals surface area contributed by atoms with Gasteiger partial charge in [0.05, 0.1) is 12.2 Å². The fraction of sp³-hybridized carbons (Fsp3) is 0.462. The average Bonchev–Trinajstić information content (AvgIpc) is 2.31. The summed E-state index contributed by atoms with van der Waals surface area (Å²) in [6, 6.07) is 3.99. The van der Waals surface area contributed by atoms with Crippen LogP contribution in [-0.2, 0) is 15.1 Å². The van der Waals surface area contributed by atoms with Crippen molar-refractivity contribution in [2.24, 2.45) is 0 Å². The normalized spacial score (nSPS) is 17.6. The van der Waals surface area contributed by atoms with Crippen LogP contribution in [0.3, 0.4) is 0 Å². The summed E-state index contributed by atoms with van der Waals surface area (Å²) in [6.45, 7) is 4.27. The highest BCUT2D eigenvalue weighted by Gasteiger charge is 2.41. The highest BCUT2D eigenvalue weighted by molar-refractivity contribution is 9.10. The molecular formula is C13H16BrFO4. The first-order valence-corrected chi connectivity index (χ1v) is 6.52. The predicted molar refractivity (Wildman–Crippen MR) is 71.3 cm³/mol. The molecule has 2 N–H and O–H groups in total. The highest BCUT2D eigenvalue weighted by Crippen LogP contribution is 2.32. The van der Waals surface area contributed by atoms with Gasteiger partial charge in [-0.15, -0.1) is 0 Å². The number of aliphatic hydroxyl groups excluding tert-OH is 1. The van der Waals surface area contributed by atoms with Crippen LogP contribution < -0.4 is 0 Å². The molecule has 0 fully saturated rings. The third-order valence-corrected chi connectivity index (χ3v) is 3.44. The van der Waals surface area contributed by atoms with Crippen LogP contribution in [0.1, 0.15) is 26.3 Å². The molecule has 3 unspecified atom stereocenters. The van der Waals surface area contributed by atoms with Crippen LogP contribution >= 0.6 is 15.9 Å². The number of carboxylic acid groups (broad SMARTS) is 1. The van der Waals surface area contributed by atoms with Crippen molar-refractivity contribution in [3.8, 4) is 0 Å². The molecule has 0 saturated carbocycles. The van der Waals surface area contributed by atoms with E-state index < -0.39 is 29.6 Å². The summed E-state index contributed by atoms with van der Waals surface area (Å²) in [5, 5.41) is 18.8. The van der Waals surface area contributed by atoms with Gasteiger partial charge in [0, 0.05) is 10.0 Å². The van der Waals surface area contributed by atoms with E-state index in [1.165, 1.54) is 32.9 Å². The largest absolute Gasteiger partial charge is 0.479 e. The second kappa shape index (κ2) is 5.98. The zero-order valence-corrected chi connectivity index (χ0v) is 12.4. The summed E-state index contributed by atoms with van der Waals surface area (Å²) >= 11 is 3.17. The van der Waals surface area contributed by atoms with Crippen molar-refractivity contribution < 1.29 is 24.1 Å². The minimum absolute atomic E-state index is 0.0955. The van der Waals surface area contributed by atoms with Gasteiger partial charge in [0.25, 0.3) is 0 Å². The van der Waals surface area contributed by atoms with Crippen LogP contribution in [0.4, 0.5) is 4.39 Å². The Bertz CT molecular complexity index is 478. The van der Waals surface area contributed by atoms with Gasteiger partial charge in [-0.25, -0.2) is 9.18 Å². The molecule has 0 aliphatic carbocycles. The first-order chi connectivity index (χ1) is 8.68. The minimum Gasteiger partial charge on any atom is -0.479 e. The molecule has 0 saturated heterocycles. The Kier molecular flexibility index (Phi) is 5.06. The molecule has 0 aromatic heterocycles. The quantitative estimate of drug-likeness (QED) is 0.868. The smallest absolute Gasteiger partial charge is 0.340 e. The van der Waals surface area contributed by atoms with Crippen LogP contribution in [0.25, 0.3) is 0 Å². The molecule has 1 rings (SSSR count). The van der Waals surface area contributed by atoms with Crippen molar-refractivity contribution in [2.45, 2.75) is 38.6 Å². The van der Waals surface area contributed by atoms with E-state index in [9.17, 15) is 19.4 Å². The van der Waals surface area contributed by atoms with E-state index >= 15 is 0 Å². The molecule has 0 heterocycles. The first-order valence-electron chi connectivity index (χ1n) is 5.73. The molecule has 106 valence electrons. The maximum absolute atomic E-state index is 13.9. The third kappa shape index (κ3) is 3.52. The highest BCUT2D eigenvalue weighted by atomic mass is 79.9. The molecule has 1 aromatic carbocycles. The molecule has 6 heteroatoms. The van der Waals surface area contributed by atoms with Crippen molar-refractivity contribution >= 4 is 21.9 Å². The number of rotatable bonds is 5. The van der Waals surface area contributed by atoms with E-state index in [0.717, 1.165) is 6.07 Å². The molecule has 4 nitrogen and oxygen atoms in total. The lowest BCUT2D eigenvalue weighted by Gasteiger charge is -2.31.